The molecule has 0 bridgehead atoms. The SMILES string of the molecule is Cc1ccc2nc(-c3ccc4nc(-c5ccc(CC(=O)c6ccc(C(C)(C)C)cc6)cc5)sc4c3)sc2c1S(=O)(=O)O. The van der Waals surface area contributed by atoms with Crippen LogP contribution in [0.1, 0.15) is 47.8 Å². The van der Waals surface area contributed by atoms with Gasteiger partial charge in [0.1, 0.15) is 14.9 Å². The summed E-state index contributed by atoms with van der Waals surface area (Å²) in [5.74, 6) is 0.0874. The number of thiazole rings is 2. The Hall–Kier alpha value is -3.76. The molecule has 1 N–H and O–H groups in total. The maximum Gasteiger partial charge on any atom is 0.296 e. The minimum Gasteiger partial charge on any atom is -0.294 e. The number of Topliss-reactive ketones (excluding diaryl/α,β-unsaturated/α-hetero) is 1. The number of ketones is 1. The molecule has 0 radical (unpaired) electrons. The number of carbonyl (C=O) groups is 1. The van der Waals surface area contributed by atoms with Gasteiger partial charge in [-0.2, -0.15) is 8.42 Å². The molecule has 0 amide bonds. The quantitative estimate of drug-likeness (QED) is 0.150. The summed E-state index contributed by atoms with van der Waals surface area (Å²) in [6, 6.07) is 25.1. The van der Waals surface area contributed by atoms with E-state index in [1.165, 1.54) is 16.9 Å². The zero-order valence-electron chi connectivity index (χ0n) is 23.5. The number of aryl methyl sites for hydroxylation is 1. The highest BCUT2D eigenvalue weighted by Crippen LogP contribution is 2.38. The van der Waals surface area contributed by atoms with Gasteiger partial charge in [0.15, 0.2) is 5.78 Å². The number of aromatic nitrogens is 2. The molecule has 6 nitrogen and oxygen atoms in total. The van der Waals surface area contributed by atoms with Crippen LogP contribution in [-0.4, -0.2) is 28.7 Å². The molecule has 0 unspecified atom stereocenters. The van der Waals surface area contributed by atoms with Gasteiger partial charge in [-0.1, -0.05) is 75.4 Å². The Morgan fingerprint density at radius 1 is 0.810 bits per heavy atom. The number of hydrogen-bond acceptors (Lipinski definition) is 7. The molecule has 42 heavy (non-hydrogen) atoms. The fourth-order valence-corrected chi connectivity index (χ4v) is 8.22. The molecular formula is C33H28N2O4S3. The van der Waals surface area contributed by atoms with E-state index in [2.05, 4.69) is 25.8 Å². The molecule has 0 aliphatic heterocycles. The van der Waals surface area contributed by atoms with Crippen molar-refractivity contribution in [3.8, 4) is 21.1 Å². The van der Waals surface area contributed by atoms with E-state index >= 15 is 0 Å². The van der Waals surface area contributed by atoms with Crippen molar-refractivity contribution in [2.45, 2.75) is 44.4 Å². The average Bonchev–Trinajstić information content (AvgIpc) is 3.56. The number of fused-ring (bicyclic) bond motifs is 2. The summed E-state index contributed by atoms with van der Waals surface area (Å²) < 4.78 is 35.2. The van der Waals surface area contributed by atoms with E-state index in [0.717, 1.165) is 31.9 Å². The van der Waals surface area contributed by atoms with E-state index in [1.807, 2.05) is 66.7 Å². The summed E-state index contributed by atoms with van der Waals surface area (Å²) in [6.07, 6.45) is 0.333. The minimum atomic E-state index is -4.38. The fraction of sp³-hybridized carbons (Fsp3) is 0.182. The number of rotatable bonds is 6. The van der Waals surface area contributed by atoms with Crippen LogP contribution in [0.2, 0.25) is 0 Å². The average molecular weight is 613 g/mol. The fourth-order valence-electron chi connectivity index (χ4n) is 4.90. The van der Waals surface area contributed by atoms with Gasteiger partial charge < -0.3 is 0 Å². The summed E-state index contributed by atoms with van der Waals surface area (Å²) in [5.41, 5.74) is 6.59. The van der Waals surface area contributed by atoms with E-state index in [9.17, 15) is 17.8 Å². The number of hydrogen-bond donors (Lipinski definition) is 1. The molecule has 2 aromatic heterocycles. The first kappa shape index (κ1) is 28.4. The van der Waals surface area contributed by atoms with Gasteiger partial charge in [0.2, 0.25) is 0 Å². The molecule has 9 heteroatoms. The lowest BCUT2D eigenvalue weighted by Crippen LogP contribution is -2.11. The van der Waals surface area contributed by atoms with Crippen molar-refractivity contribution in [3.63, 3.8) is 0 Å². The van der Waals surface area contributed by atoms with Gasteiger partial charge in [0, 0.05) is 23.1 Å². The van der Waals surface area contributed by atoms with Gasteiger partial charge in [-0.3, -0.25) is 9.35 Å². The summed E-state index contributed by atoms with van der Waals surface area (Å²) in [5, 5.41) is 1.53. The van der Waals surface area contributed by atoms with E-state index in [1.54, 1.807) is 30.4 Å². The van der Waals surface area contributed by atoms with Crippen molar-refractivity contribution < 1.29 is 17.8 Å². The first-order valence-corrected chi connectivity index (χ1v) is 16.5. The third kappa shape index (κ3) is 5.53. The Morgan fingerprint density at radius 3 is 2.10 bits per heavy atom. The molecule has 0 fully saturated rings. The monoisotopic (exact) mass is 612 g/mol. The normalized spacial score (nSPS) is 12.3. The van der Waals surface area contributed by atoms with Gasteiger partial charge in [0.25, 0.3) is 10.1 Å². The zero-order chi connectivity index (χ0) is 29.8. The van der Waals surface area contributed by atoms with E-state index < -0.39 is 10.1 Å². The van der Waals surface area contributed by atoms with Crippen molar-refractivity contribution in [1.29, 1.82) is 0 Å². The van der Waals surface area contributed by atoms with Gasteiger partial charge in [-0.05, 0) is 53.3 Å². The topological polar surface area (TPSA) is 97.2 Å². The van der Waals surface area contributed by atoms with Crippen LogP contribution in [0.5, 0.6) is 0 Å². The first-order chi connectivity index (χ1) is 19.9. The Bertz CT molecular complexity index is 2080. The van der Waals surface area contributed by atoms with Gasteiger partial charge >= 0.3 is 0 Å². The second kappa shape index (κ2) is 10.5. The lowest BCUT2D eigenvalue weighted by molar-refractivity contribution is 0.0993. The van der Waals surface area contributed by atoms with Crippen molar-refractivity contribution in [1.82, 2.24) is 9.97 Å². The molecule has 6 rings (SSSR count). The maximum atomic E-state index is 12.9. The molecule has 0 saturated carbocycles. The van der Waals surface area contributed by atoms with E-state index in [4.69, 9.17) is 4.98 Å². The molecular weight excluding hydrogens is 585 g/mol. The van der Waals surface area contributed by atoms with Crippen molar-refractivity contribution >= 4 is 59.0 Å². The van der Waals surface area contributed by atoms with Crippen LogP contribution in [0.25, 0.3) is 41.6 Å². The third-order valence-electron chi connectivity index (χ3n) is 7.24. The predicted octanol–water partition coefficient (Wildman–Crippen LogP) is 8.52. The van der Waals surface area contributed by atoms with Crippen LogP contribution >= 0.6 is 22.7 Å². The van der Waals surface area contributed by atoms with Gasteiger partial charge in [0.05, 0.1) is 20.4 Å². The molecule has 0 saturated heterocycles. The zero-order valence-corrected chi connectivity index (χ0v) is 26.0. The van der Waals surface area contributed by atoms with E-state index in [0.29, 0.717) is 32.8 Å². The summed E-state index contributed by atoms with van der Waals surface area (Å²) >= 11 is 2.80. The van der Waals surface area contributed by atoms with Crippen LogP contribution in [0.4, 0.5) is 0 Å². The summed E-state index contributed by atoms with van der Waals surface area (Å²) in [7, 11) is -4.38. The van der Waals surface area contributed by atoms with Crippen LogP contribution < -0.4 is 0 Å². The van der Waals surface area contributed by atoms with E-state index in [-0.39, 0.29) is 16.1 Å². The van der Waals surface area contributed by atoms with Crippen LogP contribution in [0.3, 0.4) is 0 Å². The highest BCUT2D eigenvalue weighted by atomic mass is 32.2. The molecule has 0 spiro atoms. The molecule has 0 aliphatic rings. The highest BCUT2D eigenvalue weighted by Gasteiger charge is 2.21. The van der Waals surface area contributed by atoms with Crippen molar-refractivity contribution in [2.75, 3.05) is 0 Å². The second-order valence-electron chi connectivity index (χ2n) is 11.4. The molecule has 4 aromatic carbocycles. The van der Waals surface area contributed by atoms with Gasteiger partial charge in [-0.15, -0.1) is 22.7 Å². The summed E-state index contributed by atoms with van der Waals surface area (Å²) in [6.45, 7) is 8.12. The second-order valence-corrected chi connectivity index (χ2v) is 14.8. The number of carbonyl (C=O) groups excluding carboxylic acids is 1. The van der Waals surface area contributed by atoms with Crippen molar-refractivity contribution in [2.24, 2.45) is 0 Å². The Labute approximate surface area is 252 Å². The Kier molecular flexibility index (Phi) is 7.09. The van der Waals surface area contributed by atoms with Crippen LogP contribution in [0.15, 0.2) is 83.8 Å². The molecule has 212 valence electrons. The summed E-state index contributed by atoms with van der Waals surface area (Å²) in [4.78, 5) is 22.2. The Morgan fingerprint density at radius 2 is 1.43 bits per heavy atom. The molecule has 0 aliphatic carbocycles. The predicted molar refractivity (Wildman–Crippen MR) is 171 cm³/mol. The van der Waals surface area contributed by atoms with Crippen molar-refractivity contribution in [3.05, 3.63) is 101 Å². The maximum absolute atomic E-state index is 12.9. The lowest BCUT2D eigenvalue weighted by Gasteiger charge is -2.19. The third-order valence-corrected chi connectivity index (χ3v) is 10.6. The molecule has 6 aromatic rings. The number of nitrogens with zero attached hydrogens (tertiary/aromatic N) is 2. The lowest BCUT2D eigenvalue weighted by atomic mass is 9.86. The minimum absolute atomic E-state index is 0.0457. The Balaban J connectivity index is 1.23. The molecule has 2 heterocycles. The largest absolute Gasteiger partial charge is 0.296 e. The smallest absolute Gasteiger partial charge is 0.294 e. The molecule has 0 atom stereocenters. The highest BCUT2D eigenvalue weighted by molar-refractivity contribution is 7.86. The van der Waals surface area contributed by atoms with Crippen LogP contribution in [0, 0.1) is 6.92 Å². The number of benzene rings is 4. The van der Waals surface area contributed by atoms with Gasteiger partial charge in [-0.25, -0.2) is 9.97 Å². The standard InChI is InChI=1S/C33H28N2O4S3/c1-19-5-15-26-29(30(19)42(37,38)39)41-32(35-26)23-12-16-25-28(18-23)40-31(34-25)22-8-6-20(7-9-22)17-27(36)21-10-13-24(14-11-21)33(2,3)4/h5-16,18H,17H2,1-4H3,(H,37,38,39). The first-order valence-electron chi connectivity index (χ1n) is 13.4. The van der Waals surface area contributed by atoms with Crippen LogP contribution in [-0.2, 0) is 22.0 Å².